The number of benzene rings is 1. The summed E-state index contributed by atoms with van der Waals surface area (Å²) >= 11 is 0. The second-order valence-corrected chi connectivity index (χ2v) is 4.74. The smallest absolute Gasteiger partial charge is 0.314 e. The van der Waals surface area contributed by atoms with E-state index in [0.717, 1.165) is 31.9 Å². The largest absolute Gasteiger partial charge is 0.416 e. The molecule has 0 saturated carbocycles. The van der Waals surface area contributed by atoms with Crippen LogP contribution in [-0.2, 0) is 12.6 Å². The highest BCUT2D eigenvalue weighted by Gasteiger charge is 2.32. The van der Waals surface area contributed by atoms with Crippen molar-refractivity contribution in [2.45, 2.75) is 51.7 Å². The van der Waals surface area contributed by atoms with E-state index in [4.69, 9.17) is 0 Å². The van der Waals surface area contributed by atoms with Crippen LogP contribution in [-0.4, -0.2) is 12.6 Å². The van der Waals surface area contributed by atoms with Gasteiger partial charge in [-0.1, -0.05) is 38.5 Å². The lowest BCUT2D eigenvalue weighted by Crippen LogP contribution is -2.29. The van der Waals surface area contributed by atoms with E-state index in [1.165, 1.54) is 6.07 Å². The fourth-order valence-electron chi connectivity index (χ4n) is 2.33. The molecule has 0 bridgehead atoms. The lowest BCUT2D eigenvalue weighted by atomic mass is 9.98. The molecule has 1 aromatic rings. The van der Waals surface area contributed by atoms with Crippen LogP contribution in [0, 0.1) is 0 Å². The van der Waals surface area contributed by atoms with Gasteiger partial charge in [0.05, 0.1) is 5.56 Å². The molecule has 108 valence electrons. The molecule has 4 heteroatoms. The first-order valence-electron chi connectivity index (χ1n) is 6.87. The number of aryl methyl sites for hydroxylation is 1. The summed E-state index contributed by atoms with van der Waals surface area (Å²) in [6, 6.07) is 6.17. The fraction of sp³-hybridized carbons (Fsp3) is 0.600. The fourth-order valence-corrected chi connectivity index (χ4v) is 2.33. The van der Waals surface area contributed by atoms with Gasteiger partial charge >= 0.3 is 6.18 Å². The van der Waals surface area contributed by atoms with Crippen molar-refractivity contribution in [2.24, 2.45) is 0 Å². The minimum Gasteiger partial charge on any atom is -0.314 e. The number of halogens is 3. The summed E-state index contributed by atoms with van der Waals surface area (Å²) in [5.74, 6) is 0. The van der Waals surface area contributed by atoms with Crippen molar-refractivity contribution in [1.82, 2.24) is 5.32 Å². The van der Waals surface area contributed by atoms with Crippen molar-refractivity contribution in [3.05, 3.63) is 35.4 Å². The molecule has 0 amide bonds. The van der Waals surface area contributed by atoms with Gasteiger partial charge in [0, 0.05) is 6.04 Å². The van der Waals surface area contributed by atoms with E-state index in [-0.39, 0.29) is 0 Å². The Kier molecular flexibility index (Phi) is 6.35. The van der Waals surface area contributed by atoms with Gasteiger partial charge in [0.2, 0.25) is 0 Å². The third-order valence-electron chi connectivity index (χ3n) is 3.21. The normalized spacial score (nSPS) is 13.5. The Bertz CT molecular complexity index is 368. The Morgan fingerprint density at radius 3 is 2.37 bits per heavy atom. The van der Waals surface area contributed by atoms with Crippen LogP contribution in [0.25, 0.3) is 0 Å². The maximum absolute atomic E-state index is 12.9. The van der Waals surface area contributed by atoms with E-state index in [1.807, 2.05) is 6.92 Å². The first kappa shape index (κ1) is 16.0. The molecule has 0 spiro atoms. The van der Waals surface area contributed by atoms with E-state index in [2.05, 4.69) is 12.2 Å². The molecule has 1 rings (SSSR count). The van der Waals surface area contributed by atoms with E-state index in [9.17, 15) is 13.2 Å². The quantitative estimate of drug-likeness (QED) is 0.775. The first-order chi connectivity index (χ1) is 8.99. The van der Waals surface area contributed by atoms with Gasteiger partial charge in [-0.15, -0.1) is 0 Å². The van der Waals surface area contributed by atoms with Crippen molar-refractivity contribution in [2.75, 3.05) is 6.54 Å². The molecule has 19 heavy (non-hydrogen) atoms. The molecule has 1 N–H and O–H groups in total. The van der Waals surface area contributed by atoms with Crippen molar-refractivity contribution in [3.63, 3.8) is 0 Å². The van der Waals surface area contributed by atoms with E-state index < -0.39 is 11.7 Å². The van der Waals surface area contributed by atoms with Crippen LogP contribution in [0.5, 0.6) is 0 Å². The Morgan fingerprint density at radius 1 is 1.11 bits per heavy atom. The lowest BCUT2D eigenvalue weighted by Gasteiger charge is -2.18. The zero-order chi connectivity index (χ0) is 14.3. The SMILES string of the molecule is CCCC(CCc1ccccc1C(F)(F)F)NCC. The van der Waals surface area contributed by atoms with Gasteiger partial charge in [0.1, 0.15) is 0 Å². The Hall–Kier alpha value is -1.03. The topological polar surface area (TPSA) is 12.0 Å². The van der Waals surface area contributed by atoms with Gasteiger partial charge in [-0.05, 0) is 37.4 Å². The maximum Gasteiger partial charge on any atom is 0.416 e. The monoisotopic (exact) mass is 273 g/mol. The van der Waals surface area contributed by atoms with Gasteiger partial charge in [-0.3, -0.25) is 0 Å². The van der Waals surface area contributed by atoms with Gasteiger partial charge in [0.15, 0.2) is 0 Å². The minimum atomic E-state index is -4.25. The van der Waals surface area contributed by atoms with Gasteiger partial charge in [-0.2, -0.15) is 13.2 Å². The predicted molar refractivity (Wildman–Crippen MR) is 72.1 cm³/mol. The second-order valence-electron chi connectivity index (χ2n) is 4.74. The number of hydrogen-bond donors (Lipinski definition) is 1. The molecular formula is C15H22F3N. The average Bonchev–Trinajstić information content (AvgIpc) is 2.36. The summed E-state index contributed by atoms with van der Waals surface area (Å²) in [6.45, 7) is 4.96. The minimum absolute atomic E-state index is 0.302. The van der Waals surface area contributed by atoms with Crippen LogP contribution in [0.2, 0.25) is 0 Å². The molecule has 0 aliphatic rings. The van der Waals surface area contributed by atoms with E-state index in [1.54, 1.807) is 12.1 Å². The summed E-state index contributed by atoms with van der Waals surface area (Å²) in [5, 5.41) is 3.33. The van der Waals surface area contributed by atoms with Crippen molar-refractivity contribution in [1.29, 1.82) is 0 Å². The van der Waals surface area contributed by atoms with Crippen molar-refractivity contribution >= 4 is 0 Å². The summed E-state index contributed by atoms with van der Waals surface area (Å²) in [4.78, 5) is 0. The van der Waals surface area contributed by atoms with E-state index >= 15 is 0 Å². The average molecular weight is 273 g/mol. The molecule has 0 fully saturated rings. The van der Waals surface area contributed by atoms with Crippen LogP contribution < -0.4 is 5.32 Å². The molecule has 0 radical (unpaired) electrons. The highest BCUT2D eigenvalue weighted by molar-refractivity contribution is 5.29. The molecular weight excluding hydrogens is 251 g/mol. The molecule has 0 aromatic heterocycles. The maximum atomic E-state index is 12.9. The van der Waals surface area contributed by atoms with Crippen LogP contribution in [0.3, 0.4) is 0 Å². The molecule has 0 aliphatic carbocycles. The van der Waals surface area contributed by atoms with Gasteiger partial charge in [0.25, 0.3) is 0 Å². The molecule has 0 heterocycles. The highest BCUT2D eigenvalue weighted by Crippen LogP contribution is 2.32. The lowest BCUT2D eigenvalue weighted by molar-refractivity contribution is -0.138. The Morgan fingerprint density at radius 2 is 1.79 bits per heavy atom. The zero-order valence-corrected chi connectivity index (χ0v) is 11.6. The molecule has 1 nitrogen and oxygen atoms in total. The van der Waals surface area contributed by atoms with Crippen LogP contribution in [0.4, 0.5) is 13.2 Å². The third-order valence-corrected chi connectivity index (χ3v) is 3.21. The van der Waals surface area contributed by atoms with Crippen LogP contribution in [0.1, 0.15) is 44.2 Å². The Balaban J connectivity index is 2.71. The number of hydrogen-bond acceptors (Lipinski definition) is 1. The molecule has 1 unspecified atom stereocenters. The molecule has 0 saturated heterocycles. The van der Waals surface area contributed by atoms with Crippen molar-refractivity contribution < 1.29 is 13.2 Å². The standard InChI is InChI=1S/C15H22F3N/c1-3-7-13(19-4-2)11-10-12-8-5-6-9-14(12)15(16,17)18/h5-6,8-9,13,19H,3-4,7,10-11H2,1-2H3. The van der Waals surface area contributed by atoms with Gasteiger partial charge in [-0.25, -0.2) is 0 Å². The second kappa shape index (κ2) is 7.53. The van der Waals surface area contributed by atoms with E-state index in [0.29, 0.717) is 18.0 Å². The highest BCUT2D eigenvalue weighted by atomic mass is 19.4. The summed E-state index contributed by atoms with van der Waals surface area (Å²) in [6.07, 6.45) is -1.00. The van der Waals surface area contributed by atoms with Crippen LogP contribution in [0.15, 0.2) is 24.3 Å². The third kappa shape index (κ3) is 5.23. The summed E-state index contributed by atoms with van der Waals surface area (Å²) < 4.78 is 38.6. The predicted octanol–water partition coefficient (Wildman–Crippen LogP) is 4.42. The number of rotatable bonds is 7. The number of alkyl halides is 3. The van der Waals surface area contributed by atoms with Gasteiger partial charge < -0.3 is 5.32 Å². The zero-order valence-electron chi connectivity index (χ0n) is 11.6. The number of nitrogens with one attached hydrogen (secondary N) is 1. The van der Waals surface area contributed by atoms with Crippen LogP contribution >= 0.6 is 0 Å². The molecule has 1 atom stereocenters. The molecule has 0 aliphatic heterocycles. The first-order valence-corrected chi connectivity index (χ1v) is 6.87. The summed E-state index contributed by atoms with van der Waals surface area (Å²) in [7, 11) is 0. The summed E-state index contributed by atoms with van der Waals surface area (Å²) in [5.41, 5.74) is -0.101. The Labute approximate surface area is 113 Å². The molecule has 1 aromatic carbocycles. The van der Waals surface area contributed by atoms with Crippen molar-refractivity contribution in [3.8, 4) is 0 Å².